The zero-order chi connectivity index (χ0) is 12.9. The molecule has 0 spiro atoms. The molecule has 1 aromatic heterocycles. The van der Waals surface area contributed by atoms with E-state index in [2.05, 4.69) is 10.3 Å². The second kappa shape index (κ2) is 4.12. The van der Waals surface area contributed by atoms with Crippen molar-refractivity contribution in [3.63, 3.8) is 0 Å². The fourth-order valence-electron chi connectivity index (χ4n) is 5.23. The zero-order valence-electron chi connectivity index (χ0n) is 11.3. The molecular weight excluding hydrogens is 236 g/mol. The van der Waals surface area contributed by atoms with E-state index in [1.807, 2.05) is 18.5 Å². The number of aromatic nitrogens is 1. The standard InChI is InChI=1S/C16H22N2O/c19-15(18-10-11-1-2-17-9-11)16-6-12-3-13(7-16)5-14(4-12)8-16/h1-2,9,12-14,17H,3-8,10H2,(H,18,19). The molecule has 0 unspecified atom stereocenters. The highest BCUT2D eigenvalue weighted by atomic mass is 16.2. The van der Waals surface area contributed by atoms with Crippen molar-refractivity contribution in [3.05, 3.63) is 24.0 Å². The van der Waals surface area contributed by atoms with Gasteiger partial charge in [-0.1, -0.05) is 0 Å². The Hall–Kier alpha value is -1.25. The summed E-state index contributed by atoms with van der Waals surface area (Å²) >= 11 is 0. The number of hydrogen-bond donors (Lipinski definition) is 2. The van der Waals surface area contributed by atoms with Crippen LogP contribution in [0.1, 0.15) is 44.1 Å². The van der Waals surface area contributed by atoms with Crippen molar-refractivity contribution in [2.75, 3.05) is 0 Å². The summed E-state index contributed by atoms with van der Waals surface area (Å²) in [4.78, 5) is 15.7. The average molecular weight is 258 g/mol. The van der Waals surface area contributed by atoms with Crippen LogP contribution < -0.4 is 5.32 Å². The molecule has 4 saturated carbocycles. The highest BCUT2D eigenvalue weighted by Crippen LogP contribution is 2.60. The Balaban J connectivity index is 1.47. The Morgan fingerprint density at radius 3 is 2.37 bits per heavy atom. The largest absolute Gasteiger partial charge is 0.367 e. The van der Waals surface area contributed by atoms with Gasteiger partial charge in [0.2, 0.25) is 5.91 Å². The Bertz CT molecular complexity index is 442. The molecule has 3 heteroatoms. The van der Waals surface area contributed by atoms with E-state index < -0.39 is 0 Å². The molecule has 1 heterocycles. The molecule has 4 bridgehead atoms. The summed E-state index contributed by atoms with van der Waals surface area (Å²) < 4.78 is 0. The number of amides is 1. The number of carbonyl (C=O) groups excluding carboxylic acids is 1. The Kier molecular flexibility index (Phi) is 2.51. The molecule has 0 aromatic carbocycles. The van der Waals surface area contributed by atoms with Crippen molar-refractivity contribution in [2.24, 2.45) is 23.2 Å². The monoisotopic (exact) mass is 258 g/mol. The van der Waals surface area contributed by atoms with Gasteiger partial charge in [0.05, 0.1) is 0 Å². The predicted molar refractivity (Wildman–Crippen MR) is 73.2 cm³/mol. The summed E-state index contributed by atoms with van der Waals surface area (Å²) in [6, 6.07) is 2.03. The van der Waals surface area contributed by atoms with Crippen LogP contribution in [0.3, 0.4) is 0 Å². The minimum atomic E-state index is -0.00887. The second-order valence-electron chi connectivity index (χ2n) is 7.10. The molecule has 3 nitrogen and oxygen atoms in total. The molecule has 0 aliphatic heterocycles. The van der Waals surface area contributed by atoms with Gasteiger partial charge in [-0.2, -0.15) is 0 Å². The quantitative estimate of drug-likeness (QED) is 0.860. The van der Waals surface area contributed by atoms with E-state index in [-0.39, 0.29) is 5.41 Å². The summed E-state index contributed by atoms with van der Waals surface area (Å²) in [5, 5.41) is 3.18. The third-order valence-electron chi connectivity index (χ3n) is 5.64. The fraction of sp³-hybridized carbons (Fsp3) is 0.688. The van der Waals surface area contributed by atoms with Crippen LogP contribution in [0.25, 0.3) is 0 Å². The van der Waals surface area contributed by atoms with Gasteiger partial charge in [0, 0.05) is 24.4 Å². The molecule has 1 aromatic rings. The zero-order valence-corrected chi connectivity index (χ0v) is 11.3. The molecule has 102 valence electrons. The van der Waals surface area contributed by atoms with Crippen LogP contribution in [0, 0.1) is 23.2 Å². The van der Waals surface area contributed by atoms with Crippen LogP contribution in [-0.2, 0) is 11.3 Å². The molecule has 4 fully saturated rings. The second-order valence-corrected chi connectivity index (χ2v) is 7.10. The lowest BCUT2D eigenvalue weighted by atomic mass is 9.49. The number of nitrogens with one attached hydrogen (secondary N) is 2. The summed E-state index contributed by atoms with van der Waals surface area (Å²) in [5.74, 6) is 2.84. The maximum atomic E-state index is 12.7. The van der Waals surface area contributed by atoms with Crippen molar-refractivity contribution in [1.29, 1.82) is 0 Å². The van der Waals surface area contributed by atoms with Crippen LogP contribution in [0.4, 0.5) is 0 Å². The minimum Gasteiger partial charge on any atom is -0.367 e. The molecule has 0 radical (unpaired) electrons. The maximum Gasteiger partial charge on any atom is 0.226 e. The van der Waals surface area contributed by atoms with Gasteiger partial charge >= 0.3 is 0 Å². The van der Waals surface area contributed by atoms with Crippen molar-refractivity contribution in [3.8, 4) is 0 Å². The van der Waals surface area contributed by atoms with Crippen molar-refractivity contribution in [2.45, 2.75) is 45.1 Å². The number of aromatic amines is 1. The first-order valence-electron chi connectivity index (χ1n) is 7.63. The normalized spacial score (nSPS) is 39.5. The minimum absolute atomic E-state index is 0.00887. The highest BCUT2D eigenvalue weighted by Gasteiger charge is 2.54. The molecule has 4 aliphatic rings. The highest BCUT2D eigenvalue weighted by molar-refractivity contribution is 5.83. The lowest BCUT2D eigenvalue weighted by molar-refractivity contribution is -0.146. The molecule has 1 amide bonds. The van der Waals surface area contributed by atoms with Gasteiger partial charge in [0.1, 0.15) is 0 Å². The first-order valence-corrected chi connectivity index (χ1v) is 7.63. The van der Waals surface area contributed by atoms with Gasteiger partial charge in [-0.15, -0.1) is 0 Å². The first kappa shape index (κ1) is 11.6. The van der Waals surface area contributed by atoms with Crippen LogP contribution >= 0.6 is 0 Å². The molecule has 4 aliphatic carbocycles. The fourth-order valence-corrected chi connectivity index (χ4v) is 5.23. The molecule has 19 heavy (non-hydrogen) atoms. The number of carbonyl (C=O) groups is 1. The van der Waals surface area contributed by atoms with E-state index in [1.165, 1.54) is 19.3 Å². The lowest BCUT2D eigenvalue weighted by Gasteiger charge is -2.55. The van der Waals surface area contributed by atoms with Gasteiger partial charge in [0.25, 0.3) is 0 Å². The van der Waals surface area contributed by atoms with Crippen LogP contribution in [0.2, 0.25) is 0 Å². The lowest BCUT2D eigenvalue weighted by Crippen LogP contribution is -2.53. The van der Waals surface area contributed by atoms with Crippen LogP contribution in [-0.4, -0.2) is 10.9 Å². The third-order valence-corrected chi connectivity index (χ3v) is 5.64. The topological polar surface area (TPSA) is 44.9 Å². The Labute approximate surface area is 114 Å². The number of hydrogen-bond acceptors (Lipinski definition) is 1. The smallest absolute Gasteiger partial charge is 0.226 e. The molecule has 0 atom stereocenters. The summed E-state index contributed by atoms with van der Waals surface area (Å²) in [5.41, 5.74) is 1.16. The van der Waals surface area contributed by atoms with E-state index >= 15 is 0 Å². The van der Waals surface area contributed by atoms with Gasteiger partial charge in [-0.3, -0.25) is 4.79 Å². The SMILES string of the molecule is O=C(NCc1cc[nH]c1)C12CC3CC(CC(C3)C1)C2. The first-order chi connectivity index (χ1) is 9.23. The van der Waals surface area contributed by atoms with Gasteiger partial charge in [-0.25, -0.2) is 0 Å². The molecule has 5 rings (SSSR count). The van der Waals surface area contributed by atoms with Crippen molar-refractivity contribution in [1.82, 2.24) is 10.3 Å². The van der Waals surface area contributed by atoms with E-state index in [0.717, 1.165) is 42.6 Å². The van der Waals surface area contributed by atoms with Gasteiger partial charge in [0.15, 0.2) is 0 Å². The van der Waals surface area contributed by atoms with E-state index in [0.29, 0.717) is 12.5 Å². The molecule has 2 N–H and O–H groups in total. The van der Waals surface area contributed by atoms with E-state index in [9.17, 15) is 4.79 Å². The summed E-state index contributed by atoms with van der Waals surface area (Å²) in [6.07, 6.45) is 11.5. The van der Waals surface area contributed by atoms with E-state index in [4.69, 9.17) is 0 Å². The van der Waals surface area contributed by atoms with Crippen molar-refractivity contribution >= 4 is 5.91 Å². The third kappa shape index (κ3) is 1.90. The van der Waals surface area contributed by atoms with Gasteiger partial charge in [-0.05, 0) is 67.9 Å². The maximum absolute atomic E-state index is 12.7. The van der Waals surface area contributed by atoms with Gasteiger partial charge < -0.3 is 10.3 Å². The predicted octanol–water partition coefficient (Wildman–Crippen LogP) is 2.85. The van der Waals surface area contributed by atoms with Crippen LogP contribution in [0.15, 0.2) is 18.5 Å². The van der Waals surface area contributed by atoms with Crippen LogP contribution in [0.5, 0.6) is 0 Å². The number of rotatable bonds is 3. The van der Waals surface area contributed by atoms with E-state index in [1.54, 1.807) is 0 Å². The average Bonchev–Trinajstić information content (AvgIpc) is 2.87. The Morgan fingerprint density at radius 1 is 1.21 bits per heavy atom. The van der Waals surface area contributed by atoms with Crippen molar-refractivity contribution < 1.29 is 4.79 Å². The number of H-pyrrole nitrogens is 1. The summed E-state index contributed by atoms with van der Waals surface area (Å²) in [6.45, 7) is 0.671. The molecular formula is C16H22N2O. The molecule has 0 saturated heterocycles. The summed E-state index contributed by atoms with van der Waals surface area (Å²) in [7, 11) is 0. The Morgan fingerprint density at radius 2 is 1.84 bits per heavy atom.